The number of aliphatic hydroxyl groups excluding tert-OH is 1. The molecule has 1 fully saturated rings. The molecule has 7 heteroatoms. The molecule has 2 aromatic heterocycles. The molecule has 1 saturated carbocycles. The second kappa shape index (κ2) is 6.00. The van der Waals surface area contributed by atoms with Gasteiger partial charge in [-0.15, -0.1) is 11.3 Å². The van der Waals surface area contributed by atoms with E-state index in [0.29, 0.717) is 22.5 Å². The van der Waals surface area contributed by atoms with Crippen LogP contribution in [-0.2, 0) is 13.0 Å². The van der Waals surface area contributed by atoms with E-state index in [4.69, 9.17) is 16.6 Å². The summed E-state index contributed by atoms with van der Waals surface area (Å²) in [4.78, 5) is 15.1. The molecule has 5 nitrogen and oxygen atoms in total. The van der Waals surface area contributed by atoms with Gasteiger partial charge in [0.2, 0.25) is 0 Å². The molecular formula is C16H19ClN4OS. The Labute approximate surface area is 144 Å². The highest BCUT2D eigenvalue weighted by Crippen LogP contribution is 2.41. The molecule has 0 spiro atoms. The summed E-state index contributed by atoms with van der Waals surface area (Å²) < 4.78 is 0. The van der Waals surface area contributed by atoms with E-state index >= 15 is 0 Å². The molecule has 2 N–H and O–H groups in total. The lowest BCUT2D eigenvalue weighted by molar-refractivity contribution is 0.281. The Hall–Kier alpha value is -1.24. The zero-order valence-electron chi connectivity index (χ0n) is 13.0. The van der Waals surface area contributed by atoms with Crippen LogP contribution in [-0.4, -0.2) is 20.1 Å². The Morgan fingerprint density at radius 2 is 2.09 bits per heavy atom. The summed E-state index contributed by atoms with van der Waals surface area (Å²) in [6.07, 6.45) is 5.49. The minimum Gasteiger partial charge on any atom is -0.391 e. The molecular weight excluding hydrogens is 332 g/mol. The molecule has 4 rings (SSSR count). The standard InChI is InChI=1S/C16H19ClN4OS/c1-8-18-13-11(3-2-4-12(13)23-8)19-16-10(7-22)14(17)20-15(21-16)9-5-6-9/h9,11,22H,2-7H2,1H3,(H,19,20,21). The highest BCUT2D eigenvalue weighted by molar-refractivity contribution is 7.11. The van der Waals surface area contributed by atoms with Gasteiger partial charge in [-0.2, -0.15) is 0 Å². The molecule has 1 unspecified atom stereocenters. The summed E-state index contributed by atoms with van der Waals surface area (Å²) in [5.74, 6) is 1.88. The lowest BCUT2D eigenvalue weighted by Gasteiger charge is -2.24. The van der Waals surface area contributed by atoms with Crippen molar-refractivity contribution in [3.05, 3.63) is 32.1 Å². The fourth-order valence-electron chi connectivity index (χ4n) is 3.10. The van der Waals surface area contributed by atoms with E-state index in [1.807, 2.05) is 6.92 Å². The van der Waals surface area contributed by atoms with Crippen molar-refractivity contribution in [2.75, 3.05) is 5.32 Å². The van der Waals surface area contributed by atoms with Crippen LogP contribution in [0.2, 0.25) is 5.15 Å². The van der Waals surface area contributed by atoms with E-state index in [9.17, 15) is 5.11 Å². The summed E-state index contributed by atoms with van der Waals surface area (Å²) in [5.41, 5.74) is 1.71. The number of thiazole rings is 1. The van der Waals surface area contributed by atoms with Crippen molar-refractivity contribution in [3.63, 3.8) is 0 Å². The van der Waals surface area contributed by atoms with Crippen molar-refractivity contribution >= 4 is 28.8 Å². The highest BCUT2D eigenvalue weighted by Gasteiger charge is 2.30. The van der Waals surface area contributed by atoms with Crippen LogP contribution in [0.25, 0.3) is 0 Å². The average Bonchev–Trinajstić information content (AvgIpc) is 3.29. The SMILES string of the molecule is Cc1nc2c(s1)CCCC2Nc1nc(C2CC2)nc(Cl)c1CO. The number of hydrogen-bond donors (Lipinski definition) is 2. The zero-order valence-corrected chi connectivity index (χ0v) is 14.5. The van der Waals surface area contributed by atoms with Crippen LogP contribution < -0.4 is 5.32 Å². The van der Waals surface area contributed by atoms with Gasteiger partial charge in [-0.3, -0.25) is 0 Å². The number of hydrogen-bond acceptors (Lipinski definition) is 6. The topological polar surface area (TPSA) is 70.9 Å². The van der Waals surface area contributed by atoms with E-state index in [0.717, 1.165) is 48.6 Å². The zero-order chi connectivity index (χ0) is 16.0. The van der Waals surface area contributed by atoms with Crippen LogP contribution in [0.4, 0.5) is 5.82 Å². The quantitative estimate of drug-likeness (QED) is 0.821. The molecule has 0 bridgehead atoms. The lowest BCUT2D eigenvalue weighted by atomic mass is 9.97. The Balaban J connectivity index is 1.68. The Kier molecular flexibility index (Phi) is 3.99. The van der Waals surface area contributed by atoms with Gasteiger partial charge in [0.05, 0.1) is 28.9 Å². The van der Waals surface area contributed by atoms with Crippen LogP contribution >= 0.6 is 22.9 Å². The molecule has 0 aromatic carbocycles. The maximum Gasteiger partial charge on any atom is 0.140 e. The van der Waals surface area contributed by atoms with Crippen molar-refractivity contribution in [3.8, 4) is 0 Å². The average molecular weight is 351 g/mol. The smallest absolute Gasteiger partial charge is 0.140 e. The normalized spacial score (nSPS) is 20.4. The molecule has 2 aliphatic carbocycles. The molecule has 0 saturated heterocycles. The number of nitrogens with zero attached hydrogens (tertiary/aromatic N) is 3. The van der Waals surface area contributed by atoms with Crippen molar-refractivity contribution in [2.24, 2.45) is 0 Å². The number of aryl methyl sites for hydroxylation is 2. The van der Waals surface area contributed by atoms with E-state index in [2.05, 4.69) is 15.3 Å². The van der Waals surface area contributed by atoms with Gasteiger partial charge in [-0.05, 0) is 39.0 Å². The van der Waals surface area contributed by atoms with Crippen LogP contribution in [0.15, 0.2) is 0 Å². The third kappa shape index (κ3) is 2.95. The van der Waals surface area contributed by atoms with Gasteiger partial charge in [-0.1, -0.05) is 11.6 Å². The lowest BCUT2D eigenvalue weighted by Crippen LogP contribution is -2.19. The number of rotatable bonds is 4. The maximum atomic E-state index is 9.66. The van der Waals surface area contributed by atoms with Gasteiger partial charge in [0.25, 0.3) is 0 Å². The number of nitrogens with one attached hydrogen (secondary N) is 1. The molecule has 122 valence electrons. The Morgan fingerprint density at radius 1 is 1.26 bits per heavy atom. The largest absolute Gasteiger partial charge is 0.391 e. The number of anilines is 1. The molecule has 2 heterocycles. The van der Waals surface area contributed by atoms with Gasteiger partial charge in [0.1, 0.15) is 16.8 Å². The molecule has 0 aliphatic heterocycles. The predicted octanol–water partition coefficient (Wildman–Crippen LogP) is 3.75. The Morgan fingerprint density at radius 3 is 2.83 bits per heavy atom. The fraction of sp³-hybridized carbons (Fsp3) is 0.562. The molecule has 0 amide bonds. The third-order valence-electron chi connectivity index (χ3n) is 4.45. The maximum absolute atomic E-state index is 9.66. The first-order valence-corrected chi connectivity index (χ1v) is 9.25. The number of halogens is 1. The van der Waals surface area contributed by atoms with Crippen LogP contribution in [0.3, 0.4) is 0 Å². The van der Waals surface area contributed by atoms with Gasteiger partial charge >= 0.3 is 0 Å². The second-order valence-corrected chi connectivity index (χ2v) is 7.91. The van der Waals surface area contributed by atoms with Crippen LogP contribution in [0.1, 0.15) is 64.6 Å². The molecule has 2 aliphatic rings. The number of fused-ring (bicyclic) bond motifs is 1. The minimum atomic E-state index is -0.165. The number of aromatic nitrogens is 3. The van der Waals surface area contributed by atoms with Gasteiger partial charge in [-0.25, -0.2) is 15.0 Å². The Bertz CT molecular complexity index is 744. The van der Waals surface area contributed by atoms with Gasteiger partial charge in [0.15, 0.2) is 0 Å². The van der Waals surface area contributed by atoms with E-state index in [-0.39, 0.29) is 12.6 Å². The summed E-state index contributed by atoms with van der Waals surface area (Å²) in [5, 5.41) is 14.6. The fourth-order valence-corrected chi connectivity index (χ4v) is 4.38. The predicted molar refractivity (Wildman–Crippen MR) is 91.1 cm³/mol. The summed E-state index contributed by atoms with van der Waals surface area (Å²) in [6.45, 7) is 1.88. The molecule has 23 heavy (non-hydrogen) atoms. The monoisotopic (exact) mass is 350 g/mol. The first-order chi connectivity index (χ1) is 11.2. The van der Waals surface area contributed by atoms with E-state index < -0.39 is 0 Å². The first kappa shape index (κ1) is 15.3. The number of aliphatic hydroxyl groups is 1. The van der Waals surface area contributed by atoms with E-state index in [1.54, 1.807) is 11.3 Å². The van der Waals surface area contributed by atoms with E-state index in [1.165, 1.54) is 4.88 Å². The molecule has 2 aromatic rings. The van der Waals surface area contributed by atoms with Crippen molar-refractivity contribution in [2.45, 2.75) is 57.6 Å². The second-order valence-electron chi connectivity index (χ2n) is 6.26. The molecule has 0 radical (unpaired) electrons. The van der Waals surface area contributed by atoms with Gasteiger partial charge in [0, 0.05) is 10.8 Å². The molecule has 1 atom stereocenters. The van der Waals surface area contributed by atoms with Crippen molar-refractivity contribution in [1.29, 1.82) is 0 Å². The summed E-state index contributed by atoms with van der Waals surface area (Å²) >= 11 is 8.04. The highest BCUT2D eigenvalue weighted by atomic mass is 35.5. The summed E-state index contributed by atoms with van der Waals surface area (Å²) in [6, 6.07) is 0.131. The van der Waals surface area contributed by atoms with Crippen molar-refractivity contribution < 1.29 is 5.11 Å². The van der Waals surface area contributed by atoms with Gasteiger partial charge < -0.3 is 10.4 Å². The van der Waals surface area contributed by atoms with Crippen LogP contribution in [0.5, 0.6) is 0 Å². The third-order valence-corrected chi connectivity index (χ3v) is 5.81. The minimum absolute atomic E-state index is 0.131. The first-order valence-electron chi connectivity index (χ1n) is 8.05. The summed E-state index contributed by atoms with van der Waals surface area (Å²) in [7, 11) is 0. The van der Waals surface area contributed by atoms with Crippen LogP contribution in [0, 0.1) is 6.92 Å². The van der Waals surface area contributed by atoms with Crippen molar-refractivity contribution in [1.82, 2.24) is 15.0 Å².